The number of phenolic OH excluding ortho intramolecular Hbond substituents is 1. The van der Waals surface area contributed by atoms with Crippen LogP contribution in [0.25, 0.3) is 0 Å². The van der Waals surface area contributed by atoms with E-state index in [4.69, 9.17) is 11.6 Å². The van der Waals surface area contributed by atoms with Gasteiger partial charge in [-0.05, 0) is 18.6 Å². The van der Waals surface area contributed by atoms with Crippen molar-refractivity contribution in [3.8, 4) is 5.75 Å². The quantitative estimate of drug-likeness (QED) is 0.835. The smallest absolute Gasteiger partial charge is 0.166 e. The van der Waals surface area contributed by atoms with Crippen molar-refractivity contribution in [1.29, 1.82) is 0 Å². The van der Waals surface area contributed by atoms with Gasteiger partial charge >= 0.3 is 0 Å². The normalized spacial score (nSPS) is 18.2. The third kappa shape index (κ3) is 3.26. The number of nitrogens with zero attached hydrogens (tertiary/aromatic N) is 1. The molecule has 5 heteroatoms. The van der Waals surface area contributed by atoms with E-state index in [1.165, 1.54) is 0 Å². The van der Waals surface area contributed by atoms with Crippen molar-refractivity contribution in [2.45, 2.75) is 12.5 Å². The highest BCUT2D eigenvalue weighted by molar-refractivity contribution is 6.30. The van der Waals surface area contributed by atoms with E-state index >= 15 is 0 Å². The Hall–Kier alpha value is -1.10. The van der Waals surface area contributed by atoms with Crippen LogP contribution in [-0.4, -0.2) is 36.2 Å². The highest BCUT2D eigenvalue weighted by Crippen LogP contribution is 2.35. The molecular weight excluding hydrogens is 267 g/mol. The average molecular weight is 285 g/mol. The molecule has 1 saturated heterocycles. The third-order valence-electron chi connectivity index (χ3n) is 3.40. The van der Waals surface area contributed by atoms with Gasteiger partial charge in [0.05, 0.1) is 0 Å². The molecule has 0 radical (unpaired) electrons. The molecule has 3 nitrogen and oxygen atoms in total. The van der Waals surface area contributed by atoms with Crippen LogP contribution in [0.4, 0.5) is 4.39 Å². The molecule has 1 aromatic carbocycles. The molecule has 0 unspecified atom stereocenters. The van der Waals surface area contributed by atoms with Crippen LogP contribution in [0.3, 0.4) is 0 Å². The van der Waals surface area contributed by atoms with Crippen LogP contribution < -0.4 is 5.32 Å². The van der Waals surface area contributed by atoms with E-state index in [1.54, 1.807) is 12.1 Å². The van der Waals surface area contributed by atoms with Crippen LogP contribution in [0.5, 0.6) is 5.75 Å². The molecule has 1 atom stereocenters. The van der Waals surface area contributed by atoms with E-state index in [9.17, 15) is 9.50 Å². The molecule has 1 aliphatic heterocycles. The van der Waals surface area contributed by atoms with Crippen LogP contribution in [0.1, 0.15) is 18.0 Å². The zero-order valence-corrected chi connectivity index (χ0v) is 11.5. The molecule has 0 aliphatic carbocycles. The molecule has 0 saturated carbocycles. The van der Waals surface area contributed by atoms with Crippen molar-refractivity contribution in [2.24, 2.45) is 0 Å². The van der Waals surface area contributed by atoms with Crippen molar-refractivity contribution in [1.82, 2.24) is 10.2 Å². The Bertz CT molecular complexity index is 461. The first-order chi connectivity index (χ1) is 9.13. The Morgan fingerprint density at radius 1 is 1.47 bits per heavy atom. The monoisotopic (exact) mass is 284 g/mol. The SMILES string of the molecule is C=CC[C@H](c1cc(Cl)cc(F)c1O)N1CCNCC1. The molecule has 0 spiro atoms. The van der Waals surface area contributed by atoms with E-state index in [0.29, 0.717) is 17.0 Å². The highest BCUT2D eigenvalue weighted by atomic mass is 35.5. The fraction of sp³-hybridized carbons (Fsp3) is 0.429. The number of nitrogens with one attached hydrogen (secondary N) is 1. The summed E-state index contributed by atoms with van der Waals surface area (Å²) < 4.78 is 13.6. The summed E-state index contributed by atoms with van der Waals surface area (Å²) in [4.78, 5) is 2.21. The number of hydrogen-bond acceptors (Lipinski definition) is 3. The number of halogens is 2. The van der Waals surface area contributed by atoms with Crippen molar-refractivity contribution < 1.29 is 9.50 Å². The maximum Gasteiger partial charge on any atom is 0.166 e. The second-order valence-electron chi connectivity index (χ2n) is 4.65. The van der Waals surface area contributed by atoms with E-state index in [2.05, 4.69) is 16.8 Å². The summed E-state index contributed by atoms with van der Waals surface area (Å²) >= 11 is 5.90. The first-order valence-electron chi connectivity index (χ1n) is 6.37. The lowest BCUT2D eigenvalue weighted by Gasteiger charge is -2.35. The number of hydrogen-bond donors (Lipinski definition) is 2. The second-order valence-corrected chi connectivity index (χ2v) is 5.09. The summed E-state index contributed by atoms with van der Waals surface area (Å²) in [6.45, 7) is 7.22. The number of phenols is 1. The minimum atomic E-state index is -0.674. The summed E-state index contributed by atoms with van der Waals surface area (Å²) in [7, 11) is 0. The van der Waals surface area contributed by atoms with Gasteiger partial charge in [0.15, 0.2) is 11.6 Å². The van der Waals surface area contributed by atoms with Crippen LogP contribution >= 0.6 is 11.6 Å². The van der Waals surface area contributed by atoms with Gasteiger partial charge in [-0.3, -0.25) is 4.90 Å². The fourth-order valence-electron chi connectivity index (χ4n) is 2.46. The third-order valence-corrected chi connectivity index (χ3v) is 3.62. The van der Waals surface area contributed by atoms with Gasteiger partial charge in [0.25, 0.3) is 0 Å². The molecule has 0 aromatic heterocycles. The van der Waals surface area contributed by atoms with Gasteiger partial charge in [0.2, 0.25) is 0 Å². The number of piperazine rings is 1. The first kappa shape index (κ1) is 14.3. The minimum Gasteiger partial charge on any atom is -0.505 e. The standard InChI is InChI=1S/C14H18ClFN2O/c1-2-3-13(18-6-4-17-5-7-18)11-8-10(15)9-12(16)14(11)19/h2,8-9,13,17,19H,1,3-7H2/t13-/m1/s1. The van der Waals surface area contributed by atoms with E-state index in [-0.39, 0.29) is 11.8 Å². The molecular formula is C14H18ClFN2O. The Labute approximate surface area is 117 Å². The van der Waals surface area contributed by atoms with Gasteiger partial charge in [-0.15, -0.1) is 6.58 Å². The molecule has 1 heterocycles. The fourth-order valence-corrected chi connectivity index (χ4v) is 2.68. The lowest BCUT2D eigenvalue weighted by atomic mass is 10.00. The second kappa shape index (κ2) is 6.37. The zero-order valence-electron chi connectivity index (χ0n) is 10.7. The zero-order chi connectivity index (χ0) is 13.8. The van der Waals surface area contributed by atoms with E-state index in [1.807, 2.05) is 0 Å². The maximum atomic E-state index is 13.6. The first-order valence-corrected chi connectivity index (χ1v) is 6.75. The topological polar surface area (TPSA) is 35.5 Å². The van der Waals surface area contributed by atoms with Gasteiger partial charge in [-0.1, -0.05) is 17.7 Å². The Kier molecular flexibility index (Phi) is 4.80. The predicted octanol–water partition coefficient (Wildman–Crippen LogP) is 2.71. The van der Waals surface area contributed by atoms with Crippen molar-refractivity contribution in [3.05, 3.63) is 41.2 Å². The summed E-state index contributed by atoms with van der Waals surface area (Å²) in [6.07, 6.45) is 2.43. The average Bonchev–Trinajstić information content (AvgIpc) is 2.41. The molecule has 1 fully saturated rings. The van der Waals surface area contributed by atoms with E-state index < -0.39 is 5.82 Å². The van der Waals surface area contributed by atoms with Crippen LogP contribution in [0, 0.1) is 5.82 Å². The summed E-state index contributed by atoms with van der Waals surface area (Å²) in [5.74, 6) is -0.985. The summed E-state index contributed by atoms with van der Waals surface area (Å²) in [5.41, 5.74) is 0.534. The highest BCUT2D eigenvalue weighted by Gasteiger charge is 2.25. The lowest BCUT2D eigenvalue weighted by molar-refractivity contribution is 0.171. The number of aromatic hydroxyl groups is 1. The van der Waals surface area contributed by atoms with Gasteiger partial charge < -0.3 is 10.4 Å². The minimum absolute atomic E-state index is 0.0900. The molecule has 104 valence electrons. The predicted molar refractivity (Wildman–Crippen MR) is 75.1 cm³/mol. The maximum absolute atomic E-state index is 13.6. The van der Waals surface area contributed by atoms with Gasteiger partial charge in [-0.2, -0.15) is 0 Å². The molecule has 1 aromatic rings. The molecule has 1 aliphatic rings. The van der Waals surface area contributed by atoms with E-state index in [0.717, 1.165) is 32.2 Å². The molecule has 2 N–H and O–H groups in total. The molecule has 0 amide bonds. The Balaban J connectivity index is 2.34. The lowest BCUT2D eigenvalue weighted by Crippen LogP contribution is -2.45. The molecule has 0 bridgehead atoms. The number of rotatable bonds is 4. The van der Waals surface area contributed by atoms with Gasteiger partial charge in [-0.25, -0.2) is 4.39 Å². The largest absolute Gasteiger partial charge is 0.505 e. The van der Waals surface area contributed by atoms with Crippen LogP contribution in [-0.2, 0) is 0 Å². The van der Waals surface area contributed by atoms with Crippen LogP contribution in [0.2, 0.25) is 5.02 Å². The Morgan fingerprint density at radius 2 is 2.16 bits per heavy atom. The van der Waals surface area contributed by atoms with Crippen molar-refractivity contribution in [3.63, 3.8) is 0 Å². The van der Waals surface area contributed by atoms with Gasteiger partial charge in [0, 0.05) is 42.8 Å². The number of benzene rings is 1. The summed E-state index contributed by atoms with van der Waals surface area (Å²) in [5, 5.41) is 13.5. The van der Waals surface area contributed by atoms with Crippen molar-refractivity contribution >= 4 is 11.6 Å². The van der Waals surface area contributed by atoms with Crippen LogP contribution in [0.15, 0.2) is 24.8 Å². The summed E-state index contributed by atoms with van der Waals surface area (Å²) in [6, 6.07) is 2.67. The van der Waals surface area contributed by atoms with Gasteiger partial charge in [0.1, 0.15) is 0 Å². The molecule has 2 rings (SSSR count). The molecule has 19 heavy (non-hydrogen) atoms. The van der Waals surface area contributed by atoms with Crippen molar-refractivity contribution in [2.75, 3.05) is 26.2 Å². The Morgan fingerprint density at radius 3 is 2.79 bits per heavy atom.